The topological polar surface area (TPSA) is 72.3 Å². The van der Waals surface area contributed by atoms with Crippen molar-refractivity contribution in [3.8, 4) is 0 Å². The van der Waals surface area contributed by atoms with Crippen molar-refractivity contribution in [3.63, 3.8) is 0 Å². The molecule has 3 heterocycles. The Kier molecular flexibility index (Phi) is 4.81. The van der Waals surface area contributed by atoms with Crippen molar-refractivity contribution in [3.05, 3.63) is 29.5 Å². The monoisotopic (exact) mass is 321 g/mol. The molecule has 3 rings (SSSR count). The zero-order chi connectivity index (χ0) is 15.4. The Bertz CT molecular complexity index is 613. The van der Waals surface area contributed by atoms with E-state index in [2.05, 4.69) is 20.3 Å². The van der Waals surface area contributed by atoms with Crippen molar-refractivity contribution in [1.29, 1.82) is 0 Å². The van der Waals surface area contributed by atoms with Crippen LogP contribution in [0, 0.1) is 6.92 Å². The Hall–Kier alpha value is -1.77. The number of hydrogen-bond donors (Lipinski definition) is 1. The van der Waals surface area contributed by atoms with E-state index >= 15 is 0 Å². The van der Waals surface area contributed by atoms with Crippen LogP contribution in [0.15, 0.2) is 23.8 Å². The number of carbonyl (C=O) groups is 1. The molecule has 0 bridgehead atoms. The zero-order valence-electron chi connectivity index (χ0n) is 12.4. The van der Waals surface area contributed by atoms with Crippen LogP contribution in [0.5, 0.6) is 0 Å². The maximum Gasteiger partial charge on any atom is 0.240 e. The SMILES string of the molecule is Cc1csc(NC(=O)CN2CCOC(Cn3cccn3)C2)n1. The molecule has 1 aliphatic heterocycles. The fourth-order valence-electron chi connectivity index (χ4n) is 2.42. The summed E-state index contributed by atoms with van der Waals surface area (Å²) in [6.07, 6.45) is 3.73. The number of anilines is 1. The third-order valence-electron chi connectivity index (χ3n) is 3.41. The summed E-state index contributed by atoms with van der Waals surface area (Å²) in [5, 5.41) is 9.60. The van der Waals surface area contributed by atoms with Gasteiger partial charge in [-0.2, -0.15) is 5.10 Å². The van der Waals surface area contributed by atoms with Gasteiger partial charge in [-0.15, -0.1) is 11.3 Å². The van der Waals surface area contributed by atoms with Gasteiger partial charge in [-0.1, -0.05) is 0 Å². The van der Waals surface area contributed by atoms with Gasteiger partial charge in [0.2, 0.25) is 5.91 Å². The average Bonchev–Trinajstić information content (AvgIpc) is 3.11. The summed E-state index contributed by atoms with van der Waals surface area (Å²) in [4.78, 5) is 18.4. The number of ether oxygens (including phenoxy) is 1. The predicted molar refractivity (Wildman–Crippen MR) is 83.9 cm³/mol. The maximum atomic E-state index is 12.1. The van der Waals surface area contributed by atoms with Gasteiger partial charge in [0.15, 0.2) is 5.13 Å². The molecule has 1 amide bonds. The lowest BCUT2D eigenvalue weighted by molar-refractivity contribution is -0.119. The van der Waals surface area contributed by atoms with Gasteiger partial charge < -0.3 is 10.1 Å². The third kappa shape index (κ3) is 4.12. The first-order valence-corrected chi connectivity index (χ1v) is 8.10. The smallest absolute Gasteiger partial charge is 0.240 e. The highest BCUT2D eigenvalue weighted by Crippen LogP contribution is 2.14. The summed E-state index contributed by atoms with van der Waals surface area (Å²) in [7, 11) is 0. The molecule has 1 saturated heterocycles. The fourth-order valence-corrected chi connectivity index (χ4v) is 3.13. The van der Waals surface area contributed by atoms with E-state index in [0.29, 0.717) is 24.8 Å². The van der Waals surface area contributed by atoms with Gasteiger partial charge in [0.05, 0.1) is 31.5 Å². The molecular weight excluding hydrogens is 302 g/mol. The molecule has 0 saturated carbocycles. The van der Waals surface area contributed by atoms with Crippen molar-refractivity contribution in [2.75, 3.05) is 31.6 Å². The van der Waals surface area contributed by atoms with Crippen molar-refractivity contribution >= 4 is 22.4 Å². The van der Waals surface area contributed by atoms with E-state index in [9.17, 15) is 4.79 Å². The molecule has 0 spiro atoms. The van der Waals surface area contributed by atoms with Gasteiger partial charge >= 0.3 is 0 Å². The van der Waals surface area contributed by atoms with Crippen LogP contribution in [0.3, 0.4) is 0 Å². The number of nitrogens with zero attached hydrogens (tertiary/aromatic N) is 4. The van der Waals surface area contributed by atoms with Crippen LogP contribution in [-0.2, 0) is 16.1 Å². The summed E-state index contributed by atoms with van der Waals surface area (Å²) in [5.74, 6) is -0.0333. The van der Waals surface area contributed by atoms with E-state index in [-0.39, 0.29) is 12.0 Å². The normalized spacial score (nSPS) is 19.2. The Morgan fingerprint density at radius 3 is 3.23 bits per heavy atom. The minimum atomic E-state index is -0.0333. The highest BCUT2D eigenvalue weighted by Gasteiger charge is 2.22. The number of rotatable bonds is 5. The number of hydrogen-bond acceptors (Lipinski definition) is 6. The standard InChI is InChI=1S/C14H19N5O2S/c1-11-10-22-14(16-11)17-13(20)9-18-5-6-21-12(7-18)8-19-4-2-3-15-19/h2-4,10,12H,5-9H2,1H3,(H,16,17,20). The van der Waals surface area contributed by atoms with E-state index in [1.54, 1.807) is 6.20 Å². The van der Waals surface area contributed by atoms with Gasteiger partial charge in [0.25, 0.3) is 0 Å². The summed E-state index contributed by atoms with van der Waals surface area (Å²) in [6.45, 7) is 5.10. The number of nitrogens with one attached hydrogen (secondary N) is 1. The van der Waals surface area contributed by atoms with Gasteiger partial charge in [0, 0.05) is 30.9 Å². The second-order valence-electron chi connectivity index (χ2n) is 5.30. The van der Waals surface area contributed by atoms with Gasteiger partial charge in [0.1, 0.15) is 0 Å². The molecule has 1 aliphatic rings. The second kappa shape index (κ2) is 6.99. The number of aromatic nitrogens is 3. The number of carbonyl (C=O) groups excluding carboxylic acids is 1. The quantitative estimate of drug-likeness (QED) is 0.889. The number of amides is 1. The van der Waals surface area contributed by atoms with Crippen LogP contribution in [0.2, 0.25) is 0 Å². The van der Waals surface area contributed by atoms with Crippen molar-refractivity contribution in [2.24, 2.45) is 0 Å². The van der Waals surface area contributed by atoms with E-state index in [1.165, 1.54) is 11.3 Å². The zero-order valence-corrected chi connectivity index (χ0v) is 13.3. The Morgan fingerprint density at radius 2 is 2.50 bits per heavy atom. The summed E-state index contributed by atoms with van der Waals surface area (Å²) < 4.78 is 7.59. The molecule has 1 fully saturated rings. The molecule has 1 atom stereocenters. The maximum absolute atomic E-state index is 12.1. The molecule has 1 N–H and O–H groups in total. The summed E-state index contributed by atoms with van der Waals surface area (Å²) in [5.41, 5.74) is 0.922. The first kappa shape index (κ1) is 15.1. The fraction of sp³-hybridized carbons (Fsp3) is 0.500. The van der Waals surface area contributed by atoms with Crippen LogP contribution < -0.4 is 5.32 Å². The third-order valence-corrected chi connectivity index (χ3v) is 4.28. The summed E-state index contributed by atoms with van der Waals surface area (Å²) in [6, 6.07) is 1.89. The van der Waals surface area contributed by atoms with Crippen LogP contribution in [0.25, 0.3) is 0 Å². The lowest BCUT2D eigenvalue weighted by atomic mass is 10.2. The second-order valence-corrected chi connectivity index (χ2v) is 6.16. The number of morpholine rings is 1. The molecular formula is C14H19N5O2S. The van der Waals surface area contributed by atoms with Crippen LogP contribution >= 0.6 is 11.3 Å². The van der Waals surface area contributed by atoms with E-state index in [0.717, 1.165) is 18.8 Å². The Morgan fingerprint density at radius 1 is 1.59 bits per heavy atom. The largest absolute Gasteiger partial charge is 0.374 e. The molecule has 2 aromatic heterocycles. The Labute approximate surface area is 132 Å². The minimum absolute atomic E-state index is 0.0333. The van der Waals surface area contributed by atoms with Gasteiger partial charge in [-0.05, 0) is 13.0 Å². The molecule has 2 aromatic rings. The molecule has 0 radical (unpaired) electrons. The lowest BCUT2D eigenvalue weighted by Crippen LogP contribution is -2.47. The molecule has 118 valence electrons. The Balaban J connectivity index is 1.48. The first-order chi connectivity index (χ1) is 10.7. The van der Waals surface area contributed by atoms with E-state index in [1.807, 2.05) is 29.2 Å². The summed E-state index contributed by atoms with van der Waals surface area (Å²) >= 11 is 1.45. The number of thiazole rings is 1. The van der Waals surface area contributed by atoms with E-state index in [4.69, 9.17) is 4.74 Å². The molecule has 0 aromatic carbocycles. The first-order valence-electron chi connectivity index (χ1n) is 7.22. The average molecular weight is 321 g/mol. The molecule has 0 aliphatic carbocycles. The highest BCUT2D eigenvalue weighted by molar-refractivity contribution is 7.13. The molecule has 22 heavy (non-hydrogen) atoms. The van der Waals surface area contributed by atoms with E-state index < -0.39 is 0 Å². The minimum Gasteiger partial charge on any atom is -0.374 e. The van der Waals surface area contributed by atoms with Crippen molar-refractivity contribution in [1.82, 2.24) is 19.7 Å². The van der Waals surface area contributed by atoms with Crippen LogP contribution in [0.4, 0.5) is 5.13 Å². The molecule has 1 unspecified atom stereocenters. The van der Waals surface area contributed by atoms with Crippen molar-refractivity contribution < 1.29 is 9.53 Å². The van der Waals surface area contributed by atoms with Gasteiger partial charge in [-0.3, -0.25) is 14.4 Å². The molecule has 7 nitrogen and oxygen atoms in total. The van der Waals surface area contributed by atoms with Gasteiger partial charge in [-0.25, -0.2) is 4.98 Å². The van der Waals surface area contributed by atoms with Crippen molar-refractivity contribution in [2.45, 2.75) is 19.6 Å². The predicted octanol–water partition coefficient (Wildman–Crippen LogP) is 0.988. The highest BCUT2D eigenvalue weighted by atomic mass is 32.1. The number of aryl methyl sites for hydroxylation is 1. The van der Waals surface area contributed by atoms with Crippen LogP contribution in [0.1, 0.15) is 5.69 Å². The molecule has 8 heteroatoms. The van der Waals surface area contributed by atoms with Crippen LogP contribution in [-0.4, -0.2) is 57.9 Å². The lowest BCUT2D eigenvalue weighted by Gasteiger charge is -2.32.